The first-order chi connectivity index (χ1) is 13.9. The van der Waals surface area contributed by atoms with E-state index in [1.807, 2.05) is 10.8 Å². The number of alkyl halides is 3. The van der Waals surface area contributed by atoms with Gasteiger partial charge in [-0.1, -0.05) is 34.6 Å². The van der Waals surface area contributed by atoms with Gasteiger partial charge in [0.1, 0.15) is 5.75 Å². The fraction of sp³-hybridized carbons (Fsp3) is 0.476. The van der Waals surface area contributed by atoms with Crippen molar-refractivity contribution in [1.29, 1.82) is 5.26 Å². The highest BCUT2D eigenvalue weighted by Gasteiger charge is 2.32. The number of thiazole rings is 1. The van der Waals surface area contributed by atoms with Gasteiger partial charge in [-0.2, -0.15) is 28.4 Å². The van der Waals surface area contributed by atoms with E-state index in [0.717, 1.165) is 17.0 Å². The molecule has 9 heteroatoms. The average Bonchev–Trinajstić information content (AvgIpc) is 3.02. The summed E-state index contributed by atoms with van der Waals surface area (Å²) >= 11 is 1.42. The van der Waals surface area contributed by atoms with Crippen LogP contribution in [0.3, 0.4) is 0 Å². The molecule has 0 fully saturated rings. The quantitative estimate of drug-likeness (QED) is 0.367. The second-order valence-electron chi connectivity index (χ2n) is 8.23. The molecule has 30 heavy (non-hydrogen) atoms. The number of aromatic nitrogens is 1. The highest BCUT2D eigenvalue weighted by molar-refractivity contribution is 7.09. The second kappa shape index (κ2) is 9.04. The molecule has 1 aromatic heterocycles. The molecule has 0 bridgehead atoms. The Balaban J connectivity index is 2.75. The van der Waals surface area contributed by atoms with E-state index in [9.17, 15) is 13.2 Å². The number of hydrogen-bond acceptors (Lipinski definition) is 4. The van der Waals surface area contributed by atoms with Crippen LogP contribution in [-0.4, -0.2) is 17.5 Å². The van der Waals surface area contributed by atoms with Crippen LogP contribution in [0.15, 0.2) is 34.4 Å². The zero-order chi connectivity index (χ0) is 22.7. The van der Waals surface area contributed by atoms with Crippen LogP contribution in [0.2, 0.25) is 0 Å². The van der Waals surface area contributed by atoms with E-state index >= 15 is 0 Å². The minimum absolute atomic E-state index is 0.00989. The van der Waals surface area contributed by atoms with Crippen molar-refractivity contribution in [1.82, 2.24) is 4.57 Å². The Kier molecular flexibility index (Phi) is 7.14. The third-order valence-electron chi connectivity index (χ3n) is 4.15. The van der Waals surface area contributed by atoms with Gasteiger partial charge in [0.25, 0.3) is 0 Å². The summed E-state index contributed by atoms with van der Waals surface area (Å²) in [6.07, 6.45) is -0.900. The number of rotatable bonds is 4. The van der Waals surface area contributed by atoms with Gasteiger partial charge >= 0.3 is 6.18 Å². The molecule has 0 N–H and O–H groups in total. The predicted octanol–water partition coefficient (Wildman–Crippen LogP) is 5.36. The highest BCUT2D eigenvalue weighted by atomic mass is 32.1. The summed E-state index contributed by atoms with van der Waals surface area (Å²) in [5.74, 6) is 0.356. The Morgan fingerprint density at radius 1 is 1.27 bits per heavy atom. The zero-order valence-corrected chi connectivity index (χ0v) is 18.6. The van der Waals surface area contributed by atoms with Crippen LogP contribution in [0.4, 0.5) is 13.2 Å². The van der Waals surface area contributed by atoms with E-state index in [-0.39, 0.29) is 22.6 Å². The molecule has 0 spiro atoms. The molecule has 1 heterocycles. The van der Waals surface area contributed by atoms with Gasteiger partial charge in [-0.05, 0) is 29.5 Å². The third kappa shape index (κ3) is 5.72. The minimum Gasteiger partial charge on any atom is -0.496 e. The molecule has 162 valence electrons. The Hall–Kier alpha value is -2.60. The molecule has 0 aliphatic heterocycles. The van der Waals surface area contributed by atoms with Crippen LogP contribution in [0, 0.1) is 17.4 Å². The summed E-state index contributed by atoms with van der Waals surface area (Å²) < 4.78 is 46.9. The van der Waals surface area contributed by atoms with Crippen LogP contribution in [-0.2, 0) is 18.1 Å². The van der Waals surface area contributed by atoms with Gasteiger partial charge in [0.15, 0.2) is 10.6 Å². The Labute approximate surface area is 178 Å². The average molecular weight is 439 g/mol. The van der Waals surface area contributed by atoms with Crippen LogP contribution in [0.5, 0.6) is 5.75 Å². The summed E-state index contributed by atoms with van der Waals surface area (Å²) in [7, 11) is 1.35. The molecule has 1 aromatic carbocycles. The normalized spacial score (nSPS) is 13.6. The van der Waals surface area contributed by atoms with E-state index in [4.69, 9.17) is 10.00 Å². The van der Waals surface area contributed by atoms with Gasteiger partial charge in [-0.3, -0.25) is 0 Å². The van der Waals surface area contributed by atoms with Gasteiger partial charge in [0, 0.05) is 17.6 Å². The first-order valence-electron chi connectivity index (χ1n) is 9.34. The molecule has 0 unspecified atom stereocenters. The van der Waals surface area contributed by atoms with E-state index < -0.39 is 11.7 Å². The van der Waals surface area contributed by atoms with E-state index in [2.05, 4.69) is 44.6 Å². The molecule has 0 radical (unpaired) electrons. The van der Waals surface area contributed by atoms with Crippen LogP contribution in [0.25, 0.3) is 0 Å². The lowest BCUT2D eigenvalue weighted by molar-refractivity contribution is -0.137. The van der Waals surface area contributed by atoms with E-state index in [0.29, 0.717) is 17.3 Å². The molecule has 0 amide bonds. The van der Waals surface area contributed by atoms with E-state index in [1.165, 1.54) is 24.5 Å². The topological polar surface area (TPSA) is 62.7 Å². The maximum atomic E-state index is 13.2. The van der Waals surface area contributed by atoms with Gasteiger partial charge < -0.3 is 9.30 Å². The first kappa shape index (κ1) is 23.7. The SMILES string of the molecule is COc1ccc(C(F)(F)F)cc1C(=NC#N)N=c1sc(C(C)(C)C)cn1CC(C)C. The first-order valence-corrected chi connectivity index (χ1v) is 10.2. The summed E-state index contributed by atoms with van der Waals surface area (Å²) in [5, 5.41) is 9.15. The Bertz CT molecular complexity index is 1030. The molecular weight excluding hydrogens is 413 g/mol. The van der Waals surface area contributed by atoms with E-state index in [1.54, 1.807) is 6.19 Å². The van der Waals surface area contributed by atoms with Crippen LogP contribution >= 0.6 is 11.3 Å². The number of hydrogen-bond donors (Lipinski definition) is 0. The Morgan fingerprint density at radius 3 is 2.43 bits per heavy atom. The zero-order valence-electron chi connectivity index (χ0n) is 17.8. The Morgan fingerprint density at radius 2 is 1.93 bits per heavy atom. The molecule has 5 nitrogen and oxygen atoms in total. The number of methoxy groups -OCH3 is 1. The summed E-state index contributed by atoms with van der Waals surface area (Å²) in [6.45, 7) is 11.0. The number of aliphatic imine (C=N–C) groups is 1. The molecule has 2 aromatic rings. The molecule has 2 rings (SSSR count). The van der Waals surface area contributed by atoms with Gasteiger partial charge in [-0.25, -0.2) is 0 Å². The molecule has 0 aliphatic carbocycles. The van der Waals surface area contributed by atoms with Gasteiger partial charge in [0.2, 0.25) is 6.19 Å². The molecule has 0 saturated heterocycles. The number of nitriles is 1. The number of nitrogens with zero attached hydrogens (tertiary/aromatic N) is 4. The smallest absolute Gasteiger partial charge is 0.416 e. The van der Waals surface area contributed by atoms with Crippen molar-refractivity contribution in [3.63, 3.8) is 0 Å². The van der Waals surface area contributed by atoms with Crippen molar-refractivity contribution >= 4 is 17.2 Å². The molecule has 0 atom stereocenters. The fourth-order valence-corrected chi connectivity index (χ4v) is 3.74. The molecule has 0 aliphatic rings. The van der Waals surface area contributed by atoms with Gasteiger partial charge in [-0.15, -0.1) is 11.3 Å². The van der Waals surface area contributed by atoms with Crippen molar-refractivity contribution in [2.45, 2.75) is 52.8 Å². The summed E-state index contributed by atoms with van der Waals surface area (Å²) in [5.41, 5.74) is -0.983. The lowest BCUT2D eigenvalue weighted by atomic mass is 9.95. The van der Waals surface area contributed by atoms with Crippen molar-refractivity contribution in [2.24, 2.45) is 15.9 Å². The number of halogens is 3. The minimum atomic E-state index is -4.54. The third-order valence-corrected chi connectivity index (χ3v) is 5.59. The number of amidine groups is 1. The lowest BCUT2D eigenvalue weighted by Crippen LogP contribution is -2.19. The molecule has 0 saturated carbocycles. The van der Waals surface area contributed by atoms with Crippen LogP contribution < -0.4 is 9.54 Å². The van der Waals surface area contributed by atoms with Crippen molar-refractivity contribution in [3.05, 3.63) is 45.2 Å². The summed E-state index contributed by atoms with van der Waals surface area (Å²) in [6, 6.07) is 3.04. The standard InChI is InChI=1S/C21H25F3N4OS/c1-13(2)10-28-11-17(20(3,4)5)30-19(28)27-18(26-12-25)15-9-14(21(22,23)24)7-8-16(15)29-6/h7-9,11,13H,10H2,1-6H3. The number of ether oxygens (including phenoxy) is 1. The highest BCUT2D eigenvalue weighted by Crippen LogP contribution is 2.33. The van der Waals surface area contributed by atoms with Crippen molar-refractivity contribution in [2.75, 3.05) is 7.11 Å². The maximum Gasteiger partial charge on any atom is 0.416 e. The van der Waals surface area contributed by atoms with Crippen molar-refractivity contribution < 1.29 is 17.9 Å². The summed E-state index contributed by atoms with van der Waals surface area (Å²) in [4.78, 5) is 9.84. The van der Waals surface area contributed by atoms with Gasteiger partial charge in [0.05, 0.1) is 18.2 Å². The fourth-order valence-electron chi connectivity index (χ4n) is 2.68. The van der Waals surface area contributed by atoms with Crippen molar-refractivity contribution in [3.8, 4) is 11.9 Å². The second-order valence-corrected chi connectivity index (χ2v) is 9.24. The van der Waals surface area contributed by atoms with Crippen LogP contribution in [0.1, 0.15) is 50.6 Å². The maximum absolute atomic E-state index is 13.2. The molecular formula is C21H25F3N4OS. The lowest BCUT2D eigenvalue weighted by Gasteiger charge is -2.14. The predicted molar refractivity (Wildman–Crippen MR) is 112 cm³/mol. The monoisotopic (exact) mass is 438 g/mol. The number of benzene rings is 1. The largest absolute Gasteiger partial charge is 0.496 e.